The molecule has 4 rings (SSSR count). The van der Waals surface area contributed by atoms with E-state index in [4.69, 9.17) is 0 Å². The Kier molecular flexibility index (Phi) is 10.0. The Bertz CT molecular complexity index is 1870. The molecule has 0 N–H and O–H groups in total. The molecule has 1 heterocycles. The van der Waals surface area contributed by atoms with Crippen LogP contribution in [0.2, 0.25) is 49.2 Å². The minimum absolute atomic E-state index is 0.0233. The summed E-state index contributed by atoms with van der Waals surface area (Å²) < 4.78 is 227. The number of halogens is 15. The van der Waals surface area contributed by atoms with Crippen molar-refractivity contribution in [2.24, 2.45) is 0 Å². The predicted molar refractivity (Wildman–Crippen MR) is 162 cm³/mol. The van der Waals surface area contributed by atoms with Gasteiger partial charge in [-0.1, -0.05) is 0 Å². The van der Waals surface area contributed by atoms with Gasteiger partial charge in [0.05, 0.1) is 0 Å². The molecule has 0 unspecified atom stereocenters. The molecule has 0 amide bonds. The van der Waals surface area contributed by atoms with Gasteiger partial charge < -0.3 is 0 Å². The summed E-state index contributed by atoms with van der Waals surface area (Å²) in [4.78, 5) is 3.06. The zero-order valence-electron chi connectivity index (χ0n) is 26.7. The quantitative estimate of drug-likeness (QED) is 0.101. The van der Waals surface area contributed by atoms with Crippen molar-refractivity contribution >= 4 is 57.7 Å². The van der Waals surface area contributed by atoms with Gasteiger partial charge in [-0.3, -0.25) is 0 Å². The van der Waals surface area contributed by atoms with E-state index in [9.17, 15) is 39.5 Å². The molecule has 0 aliphatic carbocycles. The molecule has 1 aliphatic heterocycles. The van der Waals surface area contributed by atoms with Crippen molar-refractivity contribution in [3.8, 4) is 0 Å². The summed E-state index contributed by atoms with van der Waals surface area (Å²) in [5.74, 6) is -40.4. The maximum atomic E-state index is 15.8. The van der Waals surface area contributed by atoms with Crippen LogP contribution < -0.4 is 10.9 Å². The van der Waals surface area contributed by atoms with E-state index in [1.807, 2.05) is 0 Å². The third-order valence-electron chi connectivity index (χ3n) is 8.35. The third kappa shape index (κ3) is 5.80. The van der Waals surface area contributed by atoms with Crippen molar-refractivity contribution < 1.29 is 65.9 Å². The molecule has 0 saturated carbocycles. The van der Waals surface area contributed by atoms with Crippen LogP contribution in [0.15, 0.2) is 11.9 Å². The Labute approximate surface area is 276 Å². The summed E-state index contributed by atoms with van der Waals surface area (Å²) in [5.41, 5.74) is -8.18. The first kappa shape index (κ1) is 39.2. The zero-order valence-corrected chi connectivity index (χ0v) is 31.6. The molecular weight excluding hydrogens is 831 g/mol. The Morgan fingerprint density at radius 3 is 0.878 bits per heavy atom. The first-order chi connectivity index (χ1) is 22.1. The molecule has 264 valence electrons. The van der Waals surface area contributed by atoms with Crippen molar-refractivity contribution in [2.75, 3.05) is 0 Å². The van der Waals surface area contributed by atoms with Gasteiger partial charge in [0, 0.05) is 0 Å². The van der Waals surface area contributed by atoms with E-state index < -0.39 is 156 Å². The molecule has 0 radical (unpaired) electrons. The van der Waals surface area contributed by atoms with E-state index in [1.165, 1.54) is 49.2 Å². The van der Waals surface area contributed by atoms with Gasteiger partial charge in [0.1, 0.15) is 0 Å². The standard InChI is InChI=1S/C28H18BF15Si2.2CH3.Sn/c1-45(2,3)7-9(11-14(30)20(36)26(42)21(37)15(11)31)10(8-46(4,5)6)29(12-16(32)22(38)27(43)23(39)17(12)33)13-18(34)24(40)28(44)25(41)19(13)35;;;/h1-6H3;2*1H3;. The van der Waals surface area contributed by atoms with Crippen molar-refractivity contribution in [3.63, 3.8) is 0 Å². The molecule has 0 saturated heterocycles. The number of allylic oxidation sites excluding steroid dienone is 2. The molecule has 0 bridgehead atoms. The van der Waals surface area contributed by atoms with Crippen molar-refractivity contribution in [1.82, 2.24) is 0 Å². The van der Waals surface area contributed by atoms with Crippen LogP contribution in [0.3, 0.4) is 0 Å². The second-order valence-electron chi connectivity index (χ2n) is 14.0. The summed E-state index contributed by atoms with van der Waals surface area (Å²) >= 11 is -4.80. The fourth-order valence-electron chi connectivity index (χ4n) is 7.24. The van der Waals surface area contributed by atoms with Crippen molar-refractivity contribution in [3.05, 3.63) is 105 Å². The van der Waals surface area contributed by atoms with E-state index >= 15 is 26.3 Å². The molecule has 49 heavy (non-hydrogen) atoms. The summed E-state index contributed by atoms with van der Waals surface area (Å²) in [6.45, 7) is 5.83. The number of hydrogen-bond acceptors (Lipinski definition) is 0. The van der Waals surface area contributed by atoms with Gasteiger partial charge in [-0.15, -0.1) is 0 Å². The van der Waals surface area contributed by atoms with Crippen LogP contribution in [-0.4, -0.2) is 41.2 Å². The van der Waals surface area contributed by atoms with E-state index in [1.54, 1.807) is 0 Å². The van der Waals surface area contributed by atoms with Crippen LogP contribution in [-0.2, 0) is 0 Å². The van der Waals surface area contributed by atoms with Gasteiger partial charge in [0.2, 0.25) is 0 Å². The monoisotopic (exact) mass is 856 g/mol. The van der Waals surface area contributed by atoms with Crippen LogP contribution in [0, 0.1) is 87.3 Å². The average molecular weight is 855 g/mol. The Balaban J connectivity index is 2.53. The number of hydrogen-bond donors (Lipinski definition) is 0. The first-order valence-electron chi connectivity index (χ1n) is 14.2. The van der Waals surface area contributed by atoms with Crippen LogP contribution >= 0.6 is 0 Å². The molecule has 0 aromatic heterocycles. The van der Waals surface area contributed by atoms with Crippen molar-refractivity contribution in [1.29, 1.82) is 0 Å². The van der Waals surface area contributed by atoms with Gasteiger partial charge in [-0.25, -0.2) is 0 Å². The zero-order chi connectivity index (χ0) is 37.8. The number of benzene rings is 3. The summed E-state index contributed by atoms with van der Waals surface area (Å²) in [5, 5.41) is 0. The SMILES string of the molecule is C[Si](C)(C)[C]1=C(B(c2c(F)c(F)c(F)c(F)c2F)c2c(F)c(F)c(F)c(F)c2F)C(c2c(F)c(F)c(F)c(F)c2F)=[C]([Si](C)(C)C)[Sn]1([CH3])[CH3]. The van der Waals surface area contributed by atoms with Crippen LogP contribution in [0.25, 0.3) is 5.57 Å². The van der Waals surface area contributed by atoms with Crippen LogP contribution in [0.5, 0.6) is 0 Å². The molecule has 19 heteroatoms. The first-order valence-corrected chi connectivity index (χ1v) is 29.8. The molecule has 0 fully saturated rings. The summed E-state index contributed by atoms with van der Waals surface area (Å²) in [6, 6.07) is 0. The van der Waals surface area contributed by atoms with Gasteiger partial charge in [0.15, 0.2) is 0 Å². The molecule has 0 atom stereocenters. The topological polar surface area (TPSA) is 0 Å². The van der Waals surface area contributed by atoms with E-state index in [2.05, 4.69) is 0 Å². The second-order valence-corrected chi connectivity index (χ2v) is 39.0. The fraction of sp³-hybridized carbons (Fsp3) is 0.267. The maximum absolute atomic E-state index is 15.8. The minimum atomic E-state index is -4.80. The van der Waals surface area contributed by atoms with E-state index in [0.717, 1.165) is 0 Å². The van der Waals surface area contributed by atoms with Gasteiger partial charge >= 0.3 is 277 Å². The molecular formula is C30H24BF15Si2Sn. The molecule has 0 nitrogen and oxygen atoms in total. The summed E-state index contributed by atoms with van der Waals surface area (Å²) in [7, 11) is -6.57. The molecule has 3 aromatic rings. The van der Waals surface area contributed by atoms with E-state index in [0.29, 0.717) is 0 Å². The molecule has 3 aromatic carbocycles. The Hall–Kier alpha value is -2.61. The third-order valence-corrected chi connectivity index (χ3v) is 41.7. The molecule has 1 aliphatic rings. The van der Waals surface area contributed by atoms with Gasteiger partial charge in [-0.2, -0.15) is 0 Å². The fourth-order valence-corrected chi connectivity index (χ4v) is 53.6. The Morgan fingerprint density at radius 2 is 0.612 bits per heavy atom. The second kappa shape index (κ2) is 12.6. The van der Waals surface area contributed by atoms with Gasteiger partial charge in [0.25, 0.3) is 0 Å². The summed E-state index contributed by atoms with van der Waals surface area (Å²) in [6.07, 6.45) is 0. The average Bonchev–Trinajstić information content (AvgIpc) is 3.25. The predicted octanol–water partition coefficient (Wildman–Crippen LogP) is 9.23. The van der Waals surface area contributed by atoms with Crippen molar-refractivity contribution in [2.45, 2.75) is 49.2 Å². The number of rotatable bonds is 6. The van der Waals surface area contributed by atoms with E-state index in [-0.39, 0.29) is 6.42 Å². The Morgan fingerprint density at radius 1 is 0.367 bits per heavy atom. The molecule has 0 spiro atoms. The van der Waals surface area contributed by atoms with Crippen LogP contribution in [0.1, 0.15) is 5.56 Å². The van der Waals surface area contributed by atoms with Gasteiger partial charge in [-0.05, 0) is 0 Å². The van der Waals surface area contributed by atoms with Crippen LogP contribution in [0.4, 0.5) is 65.9 Å². The normalized spacial score (nSPS) is 15.2.